The summed E-state index contributed by atoms with van der Waals surface area (Å²) in [4.78, 5) is 12.9. The summed E-state index contributed by atoms with van der Waals surface area (Å²) in [5, 5.41) is 9.62. The van der Waals surface area contributed by atoms with Gasteiger partial charge in [0.2, 0.25) is 0 Å². The van der Waals surface area contributed by atoms with E-state index in [0.29, 0.717) is 13.1 Å². The molecule has 0 aliphatic heterocycles. The van der Waals surface area contributed by atoms with Gasteiger partial charge in [0.15, 0.2) is 0 Å². The molecule has 1 atom stereocenters. The topological polar surface area (TPSA) is 40.5 Å². The number of hydrogen-bond donors (Lipinski definition) is 1. The van der Waals surface area contributed by atoms with Crippen molar-refractivity contribution >= 4 is 17.6 Å². The summed E-state index contributed by atoms with van der Waals surface area (Å²) in [7, 11) is 0. The van der Waals surface area contributed by atoms with Crippen LogP contribution < -0.4 is 0 Å². The number of benzene rings is 1. The first-order valence-corrected chi connectivity index (χ1v) is 6.11. The van der Waals surface area contributed by atoms with Gasteiger partial charge in [-0.2, -0.15) is 0 Å². The first-order chi connectivity index (χ1) is 8.04. The molecular formula is C13H18ClNO2. The zero-order chi connectivity index (χ0) is 12.8. The van der Waals surface area contributed by atoms with E-state index in [1.165, 1.54) is 0 Å². The minimum absolute atomic E-state index is 0.363. The number of nitrogens with zero attached hydrogens (tertiary/aromatic N) is 1. The first-order valence-electron chi connectivity index (χ1n) is 5.73. The van der Waals surface area contributed by atoms with Gasteiger partial charge in [0, 0.05) is 18.1 Å². The summed E-state index contributed by atoms with van der Waals surface area (Å²) in [5.41, 5.74) is 1.04. The van der Waals surface area contributed by atoms with Crippen LogP contribution in [0.1, 0.15) is 19.4 Å². The van der Waals surface area contributed by atoms with Crippen molar-refractivity contribution in [3.63, 3.8) is 0 Å². The molecule has 1 N–H and O–H groups in total. The molecule has 0 fully saturated rings. The number of hydrogen-bond acceptors (Lipinski definition) is 2. The molecule has 17 heavy (non-hydrogen) atoms. The molecule has 0 aromatic heterocycles. The van der Waals surface area contributed by atoms with E-state index in [2.05, 4.69) is 4.90 Å². The van der Waals surface area contributed by atoms with Gasteiger partial charge in [-0.15, -0.1) is 0 Å². The molecule has 1 unspecified atom stereocenters. The zero-order valence-corrected chi connectivity index (χ0v) is 10.9. The summed E-state index contributed by atoms with van der Waals surface area (Å²) in [6.07, 6.45) is 0. The lowest BCUT2D eigenvalue weighted by atomic mass is 10.1. The maximum atomic E-state index is 10.8. The highest BCUT2D eigenvalue weighted by molar-refractivity contribution is 6.31. The molecule has 1 rings (SSSR count). The minimum atomic E-state index is -0.761. The molecule has 0 amide bonds. The number of carbonyl (C=O) groups is 1. The van der Waals surface area contributed by atoms with Crippen molar-refractivity contribution in [3.8, 4) is 0 Å². The van der Waals surface area contributed by atoms with Crippen LogP contribution in [0.2, 0.25) is 5.02 Å². The van der Waals surface area contributed by atoms with Crippen LogP contribution in [-0.4, -0.2) is 29.1 Å². The van der Waals surface area contributed by atoms with Gasteiger partial charge in [-0.25, -0.2) is 0 Å². The number of rotatable bonds is 6. The van der Waals surface area contributed by atoms with Crippen LogP contribution in [0.3, 0.4) is 0 Å². The number of halogens is 1. The van der Waals surface area contributed by atoms with Gasteiger partial charge in [0.1, 0.15) is 0 Å². The van der Waals surface area contributed by atoms with E-state index in [9.17, 15) is 4.79 Å². The van der Waals surface area contributed by atoms with Gasteiger partial charge in [-0.1, -0.05) is 43.6 Å². The van der Waals surface area contributed by atoms with Gasteiger partial charge < -0.3 is 5.11 Å². The SMILES string of the molecule is CCN(Cc1ccccc1Cl)CC(C)C(=O)O. The molecule has 0 saturated heterocycles. The lowest BCUT2D eigenvalue weighted by Crippen LogP contribution is -2.31. The quantitative estimate of drug-likeness (QED) is 0.850. The first kappa shape index (κ1) is 14.0. The van der Waals surface area contributed by atoms with Gasteiger partial charge in [-0.05, 0) is 18.2 Å². The van der Waals surface area contributed by atoms with E-state index >= 15 is 0 Å². The summed E-state index contributed by atoms with van der Waals surface area (Å²) >= 11 is 6.08. The zero-order valence-electron chi connectivity index (χ0n) is 10.2. The largest absolute Gasteiger partial charge is 0.481 e. The Hall–Kier alpha value is -1.06. The predicted molar refractivity (Wildman–Crippen MR) is 69.2 cm³/mol. The Labute approximate surface area is 107 Å². The summed E-state index contributed by atoms with van der Waals surface area (Å²) < 4.78 is 0. The highest BCUT2D eigenvalue weighted by atomic mass is 35.5. The fraction of sp³-hybridized carbons (Fsp3) is 0.462. The third-order valence-corrected chi connectivity index (χ3v) is 3.12. The highest BCUT2D eigenvalue weighted by Crippen LogP contribution is 2.17. The molecule has 0 saturated carbocycles. The smallest absolute Gasteiger partial charge is 0.307 e. The number of carboxylic acids is 1. The minimum Gasteiger partial charge on any atom is -0.481 e. The van der Waals surface area contributed by atoms with Crippen LogP contribution in [-0.2, 0) is 11.3 Å². The molecule has 0 aliphatic rings. The third kappa shape index (κ3) is 4.36. The fourth-order valence-electron chi connectivity index (χ4n) is 1.64. The Morgan fingerprint density at radius 1 is 1.47 bits per heavy atom. The van der Waals surface area contributed by atoms with Crippen LogP contribution in [0.15, 0.2) is 24.3 Å². The maximum absolute atomic E-state index is 10.8. The molecule has 4 heteroatoms. The van der Waals surface area contributed by atoms with Gasteiger partial charge in [0.05, 0.1) is 5.92 Å². The molecule has 1 aromatic carbocycles. The van der Waals surface area contributed by atoms with E-state index in [0.717, 1.165) is 17.1 Å². The van der Waals surface area contributed by atoms with Gasteiger partial charge in [-0.3, -0.25) is 9.69 Å². The number of carboxylic acid groups (broad SMARTS) is 1. The van der Waals surface area contributed by atoms with Crippen LogP contribution in [0.25, 0.3) is 0 Å². The summed E-state index contributed by atoms with van der Waals surface area (Å²) in [5.74, 6) is -1.12. The molecule has 0 spiro atoms. The lowest BCUT2D eigenvalue weighted by molar-refractivity contribution is -0.141. The van der Waals surface area contributed by atoms with Crippen LogP contribution in [0.5, 0.6) is 0 Å². The van der Waals surface area contributed by atoms with Crippen molar-refractivity contribution in [1.29, 1.82) is 0 Å². The monoisotopic (exact) mass is 255 g/mol. The predicted octanol–water partition coefficient (Wildman–Crippen LogP) is 2.88. The standard InChI is InChI=1S/C13H18ClNO2/c1-3-15(8-10(2)13(16)17)9-11-6-4-5-7-12(11)14/h4-7,10H,3,8-9H2,1-2H3,(H,16,17). The molecule has 94 valence electrons. The van der Waals surface area contributed by atoms with Gasteiger partial charge >= 0.3 is 5.97 Å². The van der Waals surface area contributed by atoms with E-state index in [1.54, 1.807) is 6.92 Å². The van der Waals surface area contributed by atoms with Gasteiger partial charge in [0.25, 0.3) is 0 Å². The summed E-state index contributed by atoms with van der Waals surface area (Å²) in [6.45, 7) is 5.77. The fourth-order valence-corrected chi connectivity index (χ4v) is 1.83. The lowest BCUT2D eigenvalue weighted by Gasteiger charge is -2.22. The van der Waals surface area contributed by atoms with E-state index in [4.69, 9.17) is 16.7 Å². The molecule has 0 radical (unpaired) electrons. The Morgan fingerprint density at radius 3 is 2.65 bits per heavy atom. The molecule has 0 aliphatic carbocycles. The second-order valence-corrected chi connectivity index (χ2v) is 4.57. The third-order valence-electron chi connectivity index (χ3n) is 2.75. The molecule has 0 heterocycles. The Morgan fingerprint density at radius 2 is 2.12 bits per heavy atom. The van der Waals surface area contributed by atoms with Crippen molar-refractivity contribution in [2.75, 3.05) is 13.1 Å². The van der Waals surface area contributed by atoms with Crippen molar-refractivity contribution < 1.29 is 9.90 Å². The normalized spacial score (nSPS) is 12.7. The second-order valence-electron chi connectivity index (χ2n) is 4.16. The summed E-state index contributed by atoms with van der Waals surface area (Å²) in [6, 6.07) is 7.65. The molecule has 0 bridgehead atoms. The Kier molecular flexibility index (Phi) is 5.45. The van der Waals surface area contributed by atoms with Crippen LogP contribution >= 0.6 is 11.6 Å². The van der Waals surface area contributed by atoms with Crippen LogP contribution in [0, 0.1) is 5.92 Å². The van der Waals surface area contributed by atoms with Crippen molar-refractivity contribution in [2.45, 2.75) is 20.4 Å². The Balaban J connectivity index is 2.64. The van der Waals surface area contributed by atoms with Crippen molar-refractivity contribution in [3.05, 3.63) is 34.9 Å². The van der Waals surface area contributed by atoms with Crippen LogP contribution in [0.4, 0.5) is 0 Å². The molecule has 3 nitrogen and oxygen atoms in total. The number of aliphatic carboxylic acids is 1. The van der Waals surface area contributed by atoms with Crippen molar-refractivity contribution in [2.24, 2.45) is 5.92 Å². The molecular weight excluding hydrogens is 238 g/mol. The average Bonchev–Trinajstić information content (AvgIpc) is 2.30. The molecule has 1 aromatic rings. The van der Waals surface area contributed by atoms with E-state index in [1.807, 2.05) is 31.2 Å². The van der Waals surface area contributed by atoms with E-state index < -0.39 is 5.97 Å². The maximum Gasteiger partial charge on any atom is 0.307 e. The highest BCUT2D eigenvalue weighted by Gasteiger charge is 2.15. The van der Waals surface area contributed by atoms with E-state index in [-0.39, 0.29) is 5.92 Å². The second kappa shape index (κ2) is 6.62. The Bertz CT molecular complexity index is 381. The van der Waals surface area contributed by atoms with Crippen molar-refractivity contribution in [1.82, 2.24) is 4.90 Å². The average molecular weight is 256 g/mol.